The summed E-state index contributed by atoms with van der Waals surface area (Å²) in [4.78, 5) is 17.8. The Balaban J connectivity index is 1.36. The van der Waals surface area contributed by atoms with Gasteiger partial charge in [-0.15, -0.1) is 0 Å². The maximum absolute atomic E-state index is 16.6. The van der Waals surface area contributed by atoms with Crippen molar-refractivity contribution < 1.29 is 23.7 Å². The van der Waals surface area contributed by atoms with Gasteiger partial charge in [-0.25, -0.2) is 8.78 Å². The number of hydrogen-bond acceptors (Lipinski definition) is 8. The number of phenolic OH excluding ortho intramolecular Hbond substituents is 1. The molecular weight excluding hydrogens is 528 g/mol. The number of phenols is 1. The van der Waals surface area contributed by atoms with Crippen molar-refractivity contribution in [3.8, 4) is 23.0 Å². The molecule has 2 N–H and O–H groups in total. The second-order valence-electron chi connectivity index (χ2n) is 11.6. The Kier molecular flexibility index (Phi) is 6.43. The van der Waals surface area contributed by atoms with Crippen LogP contribution in [0, 0.1) is 5.82 Å². The van der Waals surface area contributed by atoms with E-state index in [9.17, 15) is 14.6 Å². The maximum atomic E-state index is 16.6. The fourth-order valence-corrected chi connectivity index (χ4v) is 7.07. The zero-order valence-corrected chi connectivity index (χ0v) is 23.0. The highest BCUT2D eigenvalue weighted by molar-refractivity contribution is 6.01. The van der Waals surface area contributed by atoms with Gasteiger partial charge in [0.25, 0.3) is 0 Å². The van der Waals surface area contributed by atoms with Gasteiger partial charge in [-0.1, -0.05) is 25.1 Å². The third-order valence-corrected chi connectivity index (χ3v) is 9.02. The van der Waals surface area contributed by atoms with Crippen LogP contribution in [-0.2, 0) is 6.42 Å². The highest BCUT2D eigenvalue weighted by Gasteiger charge is 2.49. The van der Waals surface area contributed by atoms with Crippen LogP contribution in [0.15, 0.2) is 36.5 Å². The highest BCUT2D eigenvalue weighted by Crippen LogP contribution is 2.41. The zero-order chi connectivity index (χ0) is 28.3. The summed E-state index contributed by atoms with van der Waals surface area (Å²) in [6, 6.07) is 9.02. The number of fused-ring (bicyclic) bond motifs is 3. The minimum atomic E-state index is -0.894. The number of aliphatic hydroxyl groups is 1. The monoisotopic (exact) mass is 561 g/mol. The highest BCUT2D eigenvalue weighted by atomic mass is 19.1. The van der Waals surface area contributed by atoms with Crippen LogP contribution in [0.5, 0.6) is 11.8 Å². The molecule has 10 heteroatoms. The summed E-state index contributed by atoms with van der Waals surface area (Å²) >= 11 is 0. The van der Waals surface area contributed by atoms with E-state index in [2.05, 4.69) is 19.9 Å². The number of anilines is 1. The van der Waals surface area contributed by atoms with Crippen molar-refractivity contribution in [2.45, 2.75) is 56.8 Å². The molecule has 3 atom stereocenters. The average molecular weight is 562 g/mol. The van der Waals surface area contributed by atoms with Gasteiger partial charge >= 0.3 is 6.01 Å². The van der Waals surface area contributed by atoms with E-state index in [0.717, 1.165) is 42.1 Å². The Bertz CT molecular complexity index is 1650. The van der Waals surface area contributed by atoms with Gasteiger partial charge < -0.3 is 19.8 Å². The van der Waals surface area contributed by atoms with Crippen molar-refractivity contribution in [3.63, 3.8) is 0 Å². The van der Waals surface area contributed by atoms with E-state index in [1.807, 2.05) is 30.0 Å². The molecule has 5 heterocycles. The molecule has 0 saturated carbocycles. The molecule has 4 aromatic rings. The molecular formula is C31H33F2N5O3. The summed E-state index contributed by atoms with van der Waals surface area (Å²) in [5.74, 6) is -0.174. The Morgan fingerprint density at radius 1 is 1.17 bits per heavy atom. The number of aromatic nitrogens is 3. The minimum absolute atomic E-state index is 0.0171. The van der Waals surface area contributed by atoms with Crippen molar-refractivity contribution >= 4 is 27.5 Å². The molecule has 2 aromatic heterocycles. The van der Waals surface area contributed by atoms with Crippen molar-refractivity contribution in [2.75, 3.05) is 37.7 Å². The van der Waals surface area contributed by atoms with Gasteiger partial charge in [-0.05, 0) is 60.7 Å². The zero-order valence-electron chi connectivity index (χ0n) is 23.0. The van der Waals surface area contributed by atoms with E-state index < -0.39 is 23.6 Å². The van der Waals surface area contributed by atoms with Crippen LogP contribution < -0.4 is 9.64 Å². The minimum Gasteiger partial charge on any atom is -0.508 e. The van der Waals surface area contributed by atoms with Crippen LogP contribution in [0.1, 0.15) is 38.2 Å². The average Bonchev–Trinajstić information content (AvgIpc) is 3.64. The molecule has 7 rings (SSSR count). The number of rotatable bonds is 6. The Hall–Kier alpha value is -3.63. The summed E-state index contributed by atoms with van der Waals surface area (Å²) in [6.45, 7) is 4.39. The predicted molar refractivity (Wildman–Crippen MR) is 153 cm³/mol. The fourth-order valence-electron chi connectivity index (χ4n) is 7.07. The SMILES string of the molecule is CCc1cccc2cc(O)cc(-c3ncc4c(N5CC[C@H](O)C5)nc(OC[C@@]56CCCN5C[C@H](F)C6)nc4c3F)c12. The lowest BCUT2D eigenvalue weighted by molar-refractivity contribution is 0.107. The number of aryl methyl sites for hydroxylation is 1. The van der Waals surface area contributed by atoms with Crippen LogP contribution >= 0.6 is 0 Å². The van der Waals surface area contributed by atoms with E-state index >= 15 is 4.39 Å². The number of halogens is 2. The Morgan fingerprint density at radius 2 is 2.05 bits per heavy atom. The van der Waals surface area contributed by atoms with Gasteiger partial charge in [0, 0.05) is 37.8 Å². The normalized spacial score (nSPS) is 24.5. The van der Waals surface area contributed by atoms with E-state index in [1.165, 1.54) is 6.07 Å². The number of alkyl halides is 1. The van der Waals surface area contributed by atoms with E-state index in [1.54, 1.807) is 12.3 Å². The number of aliphatic hydroxyl groups excluding tert-OH is 1. The van der Waals surface area contributed by atoms with Gasteiger partial charge in [0.15, 0.2) is 5.82 Å². The molecule has 8 nitrogen and oxygen atoms in total. The number of benzene rings is 2. The predicted octanol–water partition coefficient (Wildman–Crippen LogP) is 4.78. The Morgan fingerprint density at radius 3 is 2.85 bits per heavy atom. The van der Waals surface area contributed by atoms with Gasteiger partial charge in [0.2, 0.25) is 0 Å². The molecule has 2 aromatic carbocycles. The quantitative estimate of drug-likeness (QED) is 0.348. The number of nitrogens with zero attached hydrogens (tertiary/aromatic N) is 5. The summed E-state index contributed by atoms with van der Waals surface area (Å²) in [6.07, 6.45) is 3.66. The van der Waals surface area contributed by atoms with Crippen LogP contribution in [0.2, 0.25) is 0 Å². The first-order valence-electron chi connectivity index (χ1n) is 14.4. The molecule has 3 saturated heterocycles. The molecule has 0 spiro atoms. The van der Waals surface area contributed by atoms with E-state index in [-0.39, 0.29) is 29.6 Å². The second-order valence-corrected chi connectivity index (χ2v) is 11.6. The lowest BCUT2D eigenvalue weighted by Crippen LogP contribution is -2.43. The summed E-state index contributed by atoms with van der Waals surface area (Å²) in [7, 11) is 0. The van der Waals surface area contributed by atoms with Crippen LogP contribution in [0.25, 0.3) is 32.9 Å². The lowest BCUT2D eigenvalue weighted by atomic mass is 9.95. The third kappa shape index (κ3) is 4.44. The molecule has 0 aliphatic carbocycles. The summed E-state index contributed by atoms with van der Waals surface area (Å²) in [5.41, 5.74) is 1.23. The molecule has 0 amide bonds. The standard InChI is InChI=1S/C31H33F2N5O3/c1-2-18-5-3-6-19-11-22(40)12-23(25(18)19)27-26(33)28-24(14-34-27)29(37-10-7-21(39)16-37)36-30(35-28)41-17-31-8-4-9-38(31)15-20(32)13-31/h3,5-6,11-12,14,20-21,39-40H,2,4,7-10,13,15-17H2,1H3/t20-,21+,31+/m1/s1. The largest absolute Gasteiger partial charge is 0.508 e. The maximum Gasteiger partial charge on any atom is 0.319 e. The Labute approximate surface area is 236 Å². The first-order valence-corrected chi connectivity index (χ1v) is 14.4. The van der Waals surface area contributed by atoms with Crippen LogP contribution in [0.3, 0.4) is 0 Å². The number of β-amino-alcohol motifs (C(OH)–C–C–N with tert-alkyl or cyclic N) is 1. The number of hydrogen-bond donors (Lipinski definition) is 2. The van der Waals surface area contributed by atoms with Crippen LogP contribution in [-0.4, -0.2) is 80.7 Å². The topological polar surface area (TPSA) is 94.8 Å². The second kappa shape index (κ2) is 10.0. The number of aromatic hydroxyl groups is 1. The molecule has 0 radical (unpaired) electrons. The molecule has 3 aliphatic rings. The van der Waals surface area contributed by atoms with E-state index in [4.69, 9.17) is 4.74 Å². The number of ether oxygens (including phenoxy) is 1. The van der Waals surface area contributed by atoms with Gasteiger partial charge in [-0.3, -0.25) is 9.88 Å². The van der Waals surface area contributed by atoms with Crippen molar-refractivity contribution in [3.05, 3.63) is 47.9 Å². The van der Waals surface area contributed by atoms with Gasteiger partial charge in [0.05, 0.1) is 17.0 Å². The molecule has 3 fully saturated rings. The molecule has 41 heavy (non-hydrogen) atoms. The van der Waals surface area contributed by atoms with Gasteiger partial charge in [-0.2, -0.15) is 9.97 Å². The smallest absolute Gasteiger partial charge is 0.319 e. The van der Waals surface area contributed by atoms with Crippen molar-refractivity contribution in [1.29, 1.82) is 0 Å². The molecule has 3 aliphatic heterocycles. The number of pyridine rings is 1. The molecule has 0 unspecified atom stereocenters. The van der Waals surface area contributed by atoms with Gasteiger partial charge in [0.1, 0.15) is 35.6 Å². The van der Waals surface area contributed by atoms with Crippen LogP contribution in [0.4, 0.5) is 14.6 Å². The van der Waals surface area contributed by atoms with E-state index in [0.29, 0.717) is 49.2 Å². The lowest BCUT2D eigenvalue weighted by Gasteiger charge is -2.31. The molecule has 0 bridgehead atoms. The summed E-state index contributed by atoms with van der Waals surface area (Å²) < 4.78 is 37.1. The van der Waals surface area contributed by atoms with Crippen molar-refractivity contribution in [1.82, 2.24) is 19.9 Å². The first-order chi connectivity index (χ1) is 19.8. The third-order valence-electron chi connectivity index (χ3n) is 9.02. The van der Waals surface area contributed by atoms with Crippen molar-refractivity contribution in [2.24, 2.45) is 0 Å². The first kappa shape index (κ1) is 26.3. The molecule has 214 valence electrons. The fraction of sp³-hybridized carbons (Fsp3) is 0.452. The summed E-state index contributed by atoms with van der Waals surface area (Å²) in [5, 5.41) is 22.8.